The number of Topliss-reactive ketones (excluding diaryl/α,β-unsaturated/α-hetero) is 1. The van der Waals surface area contributed by atoms with Gasteiger partial charge in [0.1, 0.15) is 22.6 Å². The Morgan fingerprint density at radius 2 is 2.03 bits per heavy atom. The van der Waals surface area contributed by atoms with E-state index in [1.165, 1.54) is 5.38 Å². The third-order valence-electron chi connectivity index (χ3n) is 6.42. The number of carbonyl (C=O) groups is 4. The molecule has 0 unspecified atom stereocenters. The highest BCUT2D eigenvalue weighted by Crippen LogP contribution is 2.26. The third kappa shape index (κ3) is 6.33. The number of nitrogens with one attached hydrogen (secondary N) is 4. The lowest BCUT2D eigenvalue weighted by Gasteiger charge is -2.24. The number of ketones is 1. The van der Waals surface area contributed by atoms with Crippen molar-refractivity contribution in [3.8, 4) is 5.75 Å². The van der Waals surface area contributed by atoms with Crippen LogP contribution in [0.2, 0.25) is 5.15 Å². The molecule has 4 rings (SSSR count). The first-order chi connectivity index (χ1) is 18.2. The monoisotopic (exact) mass is 559 g/mol. The first-order valence-electron chi connectivity index (χ1n) is 12.4. The maximum absolute atomic E-state index is 13.5. The van der Waals surface area contributed by atoms with Crippen LogP contribution in [-0.4, -0.2) is 59.2 Å². The second-order valence-electron chi connectivity index (χ2n) is 9.67. The summed E-state index contributed by atoms with van der Waals surface area (Å²) in [4.78, 5) is 59.2. The minimum Gasteiger partial charge on any atom is -0.496 e. The molecule has 3 amide bonds. The summed E-state index contributed by atoms with van der Waals surface area (Å²) in [5.41, 5.74) is 1.00. The van der Waals surface area contributed by atoms with Gasteiger partial charge in [-0.1, -0.05) is 31.5 Å². The predicted molar refractivity (Wildman–Crippen MR) is 145 cm³/mol. The molecule has 1 saturated heterocycles. The molecule has 1 fully saturated rings. The van der Waals surface area contributed by atoms with Crippen molar-refractivity contribution in [2.24, 2.45) is 11.8 Å². The normalized spacial score (nSPS) is 16.8. The molecule has 1 aliphatic heterocycles. The number of hydrogen-bond acceptors (Lipinski definition) is 7. The number of fused-ring (bicyclic) bond motifs is 1. The summed E-state index contributed by atoms with van der Waals surface area (Å²) >= 11 is 6.99. The summed E-state index contributed by atoms with van der Waals surface area (Å²) in [5, 5.41) is 11.0. The topological polar surface area (TPSA) is 142 Å². The van der Waals surface area contributed by atoms with Crippen LogP contribution in [0.1, 0.15) is 53.4 Å². The summed E-state index contributed by atoms with van der Waals surface area (Å²) in [5.74, 6) is -1.29. The molecular formula is C26H30ClN5O5S. The number of thiazole rings is 1. The summed E-state index contributed by atoms with van der Waals surface area (Å²) in [6.45, 7) is 4.38. The Hall–Kier alpha value is -3.44. The predicted octanol–water partition coefficient (Wildman–Crippen LogP) is 3.32. The molecule has 10 nitrogen and oxygen atoms in total. The van der Waals surface area contributed by atoms with Crippen LogP contribution in [0, 0.1) is 11.8 Å². The fourth-order valence-electron chi connectivity index (χ4n) is 4.54. The van der Waals surface area contributed by atoms with Gasteiger partial charge in [0.15, 0.2) is 5.01 Å². The van der Waals surface area contributed by atoms with E-state index in [-0.39, 0.29) is 34.1 Å². The molecule has 38 heavy (non-hydrogen) atoms. The van der Waals surface area contributed by atoms with Crippen molar-refractivity contribution in [2.75, 3.05) is 13.7 Å². The molecule has 1 aromatic carbocycles. The molecule has 0 aliphatic carbocycles. The number of nitrogens with zero attached hydrogens (tertiary/aromatic N) is 1. The minimum atomic E-state index is -0.998. The molecule has 0 spiro atoms. The quantitative estimate of drug-likeness (QED) is 0.265. The standard InChI is InChI=1S/C26H30ClN5O5S/c1-13(2)9-18(31-25(36)19-11-15-16(29-19)5-4-6-20(15)37-3)24(35)30-17(10-14-7-8-28-23(14)34)22(33)26-32-21(27)12-38-26/h4-6,11-14,17-18,29H,7-10H2,1-3H3,(H,28,34)(H,30,35)(H,31,36)/t14-,17-,18+/m0/s1. The zero-order valence-electron chi connectivity index (χ0n) is 21.3. The van der Waals surface area contributed by atoms with Crippen LogP contribution in [-0.2, 0) is 9.59 Å². The van der Waals surface area contributed by atoms with Crippen molar-refractivity contribution in [1.29, 1.82) is 0 Å². The highest BCUT2D eigenvalue weighted by molar-refractivity contribution is 7.12. The zero-order chi connectivity index (χ0) is 27.4. The number of benzene rings is 1. The van der Waals surface area contributed by atoms with Crippen molar-refractivity contribution >= 4 is 57.3 Å². The van der Waals surface area contributed by atoms with Gasteiger partial charge in [-0.2, -0.15) is 0 Å². The average molecular weight is 560 g/mol. The lowest BCUT2D eigenvalue weighted by atomic mass is 9.95. The third-order valence-corrected chi connectivity index (χ3v) is 7.60. The lowest BCUT2D eigenvalue weighted by molar-refractivity contribution is -0.125. The molecule has 202 valence electrons. The SMILES string of the molecule is COc1cccc2[nH]c(C(=O)N[C@H](CC(C)C)C(=O)N[C@@H](C[C@@H]3CCNC3=O)C(=O)c3nc(Cl)cs3)cc12. The number of ether oxygens (including phenoxy) is 1. The van der Waals surface area contributed by atoms with Crippen LogP contribution in [0.3, 0.4) is 0 Å². The molecule has 3 heterocycles. The van der Waals surface area contributed by atoms with Gasteiger partial charge in [0.2, 0.25) is 17.6 Å². The van der Waals surface area contributed by atoms with Gasteiger partial charge in [-0.15, -0.1) is 11.3 Å². The van der Waals surface area contributed by atoms with Crippen LogP contribution in [0.15, 0.2) is 29.6 Å². The van der Waals surface area contributed by atoms with E-state index < -0.39 is 35.6 Å². The molecule has 0 bridgehead atoms. The van der Waals surface area contributed by atoms with Gasteiger partial charge < -0.3 is 25.7 Å². The zero-order valence-corrected chi connectivity index (χ0v) is 22.9. The van der Waals surface area contributed by atoms with Crippen LogP contribution in [0.5, 0.6) is 5.75 Å². The Labute approximate surface area is 228 Å². The molecule has 12 heteroatoms. The van der Waals surface area contributed by atoms with Crippen molar-refractivity contribution < 1.29 is 23.9 Å². The largest absolute Gasteiger partial charge is 0.496 e. The Morgan fingerprint density at radius 3 is 2.66 bits per heavy atom. The average Bonchev–Trinajstić information content (AvgIpc) is 3.62. The van der Waals surface area contributed by atoms with E-state index in [1.54, 1.807) is 19.2 Å². The van der Waals surface area contributed by atoms with Gasteiger partial charge in [-0.05, 0) is 43.4 Å². The lowest BCUT2D eigenvalue weighted by Crippen LogP contribution is -2.52. The Morgan fingerprint density at radius 1 is 1.24 bits per heavy atom. The minimum absolute atomic E-state index is 0.0707. The number of rotatable bonds is 11. The molecule has 1 aliphatic rings. The Balaban J connectivity index is 1.54. The van der Waals surface area contributed by atoms with Crippen molar-refractivity contribution in [3.05, 3.63) is 45.5 Å². The van der Waals surface area contributed by atoms with Gasteiger partial charge in [-0.25, -0.2) is 4.98 Å². The molecule has 2 aromatic heterocycles. The molecule has 3 aromatic rings. The van der Waals surface area contributed by atoms with Gasteiger partial charge >= 0.3 is 0 Å². The highest BCUT2D eigenvalue weighted by Gasteiger charge is 2.34. The van der Waals surface area contributed by atoms with E-state index in [0.717, 1.165) is 22.2 Å². The number of carbonyl (C=O) groups excluding carboxylic acids is 4. The van der Waals surface area contributed by atoms with E-state index in [4.69, 9.17) is 16.3 Å². The van der Waals surface area contributed by atoms with Crippen molar-refractivity contribution in [1.82, 2.24) is 25.9 Å². The Kier molecular flexibility index (Phi) is 8.68. The van der Waals surface area contributed by atoms with Gasteiger partial charge in [0.05, 0.1) is 13.2 Å². The number of hydrogen-bond donors (Lipinski definition) is 4. The fraction of sp³-hybridized carbons (Fsp3) is 0.423. The number of halogens is 1. The highest BCUT2D eigenvalue weighted by atomic mass is 35.5. The van der Waals surface area contributed by atoms with E-state index >= 15 is 0 Å². The first kappa shape index (κ1) is 27.6. The Bertz CT molecular complexity index is 1350. The molecule has 0 saturated carbocycles. The molecule has 4 N–H and O–H groups in total. The second-order valence-corrected chi connectivity index (χ2v) is 10.9. The smallest absolute Gasteiger partial charge is 0.268 e. The van der Waals surface area contributed by atoms with E-state index in [0.29, 0.717) is 25.1 Å². The summed E-state index contributed by atoms with van der Waals surface area (Å²) in [6, 6.07) is 5.19. The maximum atomic E-state index is 13.5. The second kappa shape index (κ2) is 12.0. The van der Waals surface area contributed by atoms with Crippen LogP contribution in [0.25, 0.3) is 10.9 Å². The number of amides is 3. The number of methoxy groups -OCH3 is 1. The summed E-state index contributed by atoms with van der Waals surface area (Å²) < 4.78 is 5.37. The maximum Gasteiger partial charge on any atom is 0.268 e. The number of H-pyrrole nitrogens is 1. The fourth-order valence-corrected chi connectivity index (χ4v) is 5.48. The van der Waals surface area contributed by atoms with Crippen molar-refractivity contribution in [2.45, 2.75) is 45.2 Å². The van der Waals surface area contributed by atoms with Crippen LogP contribution < -0.4 is 20.7 Å². The number of aromatic nitrogens is 2. The van der Waals surface area contributed by atoms with Gasteiger partial charge in [0, 0.05) is 28.7 Å². The van der Waals surface area contributed by atoms with E-state index in [1.807, 2.05) is 26.0 Å². The van der Waals surface area contributed by atoms with Crippen LogP contribution in [0.4, 0.5) is 0 Å². The summed E-state index contributed by atoms with van der Waals surface area (Å²) in [6.07, 6.45) is 1.03. The molecular weight excluding hydrogens is 530 g/mol. The molecule has 0 radical (unpaired) electrons. The summed E-state index contributed by atoms with van der Waals surface area (Å²) in [7, 11) is 1.55. The first-order valence-corrected chi connectivity index (χ1v) is 13.6. The number of aromatic amines is 1. The van der Waals surface area contributed by atoms with E-state index in [2.05, 4.69) is 25.9 Å². The van der Waals surface area contributed by atoms with Gasteiger partial charge in [0.25, 0.3) is 5.91 Å². The van der Waals surface area contributed by atoms with Crippen molar-refractivity contribution in [3.63, 3.8) is 0 Å². The molecule has 3 atom stereocenters. The van der Waals surface area contributed by atoms with Crippen LogP contribution >= 0.6 is 22.9 Å². The van der Waals surface area contributed by atoms with E-state index in [9.17, 15) is 19.2 Å². The van der Waals surface area contributed by atoms with Gasteiger partial charge in [-0.3, -0.25) is 19.2 Å².